The number of anilines is 2. The Bertz CT molecular complexity index is 597. The maximum atomic E-state index is 11.8. The maximum absolute atomic E-state index is 11.8. The van der Waals surface area contributed by atoms with Crippen LogP contribution in [0.2, 0.25) is 0 Å². The van der Waals surface area contributed by atoms with Crippen molar-refractivity contribution in [2.45, 2.75) is 13.3 Å². The zero-order valence-corrected chi connectivity index (χ0v) is 12.0. The average Bonchev–Trinajstić information content (AvgIpc) is 2.50. The molecule has 1 heterocycles. The highest BCUT2D eigenvalue weighted by molar-refractivity contribution is 5.94. The zero-order valence-electron chi connectivity index (χ0n) is 12.0. The van der Waals surface area contributed by atoms with E-state index in [2.05, 4.69) is 10.3 Å². The largest absolute Gasteiger partial charge is 0.462 e. The van der Waals surface area contributed by atoms with Crippen LogP contribution < -0.4 is 11.1 Å². The molecule has 0 saturated carbocycles. The number of carbonyl (C=O) groups excluding carboxylic acids is 1. The van der Waals surface area contributed by atoms with Crippen molar-refractivity contribution in [1.29, 1.82) is 0 Å². The lowest BCUT2D eigenvalue weighted by Crippen LogP contribution is -2.13. The fraction of sp³-hybridized carbons (Fsp3) is 0.250. The molecule has 2 aromatic rings. The Morgan fingerprint density at radius 3 is 2.76 bits per heavy atom. The molecule has 3 N–H and O–H groups in total. The van der Waals surface area contributed by atoms with E-state index in [1.54, 1.807) is 25.3 Å². The number of nitrogen functional groups attached to an aromatic ring is 1. The van der Waals surface area contributed by atoms with Gasteiger partial charge in [-0.1, -0.05) is 12.1 Å². The number of nitrogens with zero attached hydrogens (tertiary/aromatic N) is 1. The monoisotopic (exact) mass is 285 g/mol. The second kappa shape index (κ2) is 7.28. The van der Waals surface area contributed by atoms with Crippen molar-refractivity contribution < 1.29 is 9.53 Å². The third-order valence-electron chi connectivity index (χ3n) is 2.99. The maximum Gasteiger partial charge on any atom is 0.341 e. The number of nitrogens with two attached hydrogens (primary N) is 1. The Morgan fingerprint density at radius 1 is 1.29 bits per heavy atom. The Balaban J connectivity index is 1.96. The van der Waals surface area contributed by atoms with E-state index in [1.165, 1.54) is 5.56 Å². The number of pyridine rings is 1. The molecule has 0 aliphatic heterocycles. The molecule has 0 unspecified atom stereocenters. The van der Waals surface area contributed by atoms with Crippen molar-refractivity contribution in [3.05, 3.63) is 53.7 Å². The third-order valence-corrected chi connectivity index (χ3v) is 2.99. The number of hydrogen-bond donors (Lipinski definition) is 2. The van der Waals surface area contributed by atoms with E-state index in [-0.39, 0.29) is 5.97 Å². The minimum Gasteiger partial charge on any atom is -0.462 e. The summed E-state index contributed by atoms with van der Waals surface area (Å²) in [4.78, 5) is 16.0. The SMILES string of the molecule is CCOC(=O)c1cccnc1NCCc1ccc(N)cc1. The molecule has 0 bridgehead atoms. The number of benzene rings is 1. The van der Waals surface area contributed by atoms with Crippen LogP contribution in [0.5, 0.6) is 0 Å². The molecule has 5 nitrogen and oxygen atoms in total. The van der Waals surface area contributed by atoms with Gasteiger partial charge < -0.3 is 15.8 Å². The number of nitrogens with one attached hydrogen (secondary N) is 1. The molecule has 0 radical (unpaired) electrons. The summed E-state index contributed by atoms with van der Waals surface area (Å²) in [6.07, 6.45) is 2.47. The number of hydrogen-bond acceptors (Lipinski definition) is 5. The van der Waals surface area contributed by atoms with Gasteiger partial charge in [-0.05, 0) is 43.2 Å². The number of aromatic nitrogens is 1. The van der Waals surface area contributed by atoms with Gasteiger partial charge in [-0.3, -0.25) is 0 Å². The lowest BCUT2D eigenvalue weighted by Gasteiger charge is -2.10. The van der Waals surface area contributed by atoms with Gasteiger partial charge in [0.25, 0.3) is 0 Å². The molecule has 1 aromatic carbocycles. The summed E-state index contributed by atoms with van der Waals surface area (Å²) in [5.74, 6) is 0.187. The molecule has 0 spiro atoms. The first-order valence-corrected chi connectivity index (χ1v) is 6.91. The fourth-order valence-corrected chi connectivity index (χ4v) is 1.93. The Labute approximate surface area is 124 Å². The first kappa shape index (κ1) is 14.8. The van der Waals surface area contributed by atoms with E-state index in [0.717, 1.165) is 12.1 Å². The van der Waals surface area contributed by atoms with E-state index in [1.807, 2.05) is 24.3 Å². The van der Waals surface area contributed by atoms with Crippen LogP contribution in [0, 0.1) is 0 Å². The highest BCUT2D eigenvalue weighted by Crippen LogP contribution is 2.13. The van der Waals surface area contributed by atoms with Crippen LogP contribution in [-0.4, -0.2) is 24.1 Å². The van der Waals surface area contributed by atoms with E-state index in [0.29, 0.717) is 24.5 Å². The van der Waals surface area contributed by atoms with Gasteiger partial charge in [0.15, 0.2) is 0 Å². The van der Waals surface area contributed by atoms with E-state index in [4.69, 9.17) is 10.5 Å². The number of carbonyl (C=O) groups is 1. The normalized spacial score (nSPS) is 10.1. The van der Waals surface area contributed by atoms with Gasteiger partial charge in [0.1, 0.15) is 11.4 Å². The van der Waals surface area contributed by atoms with Gasteiger partial charge in [0, 0.05) is 18.4 Å². The Morgan fingerprint density at radius 2 is 2.05 bits per heavy atom. The number of rotatable bonds is 6. The molecule has 0 saturated heterocycles. The molecule has 0 atom stereocenters. The van der Waals surface area contributed by atoms with E-state index >= 15 is 0 Å². The van der Waals surface area contributed by atoms with Crippen molar-refractivity contribution in [2.75, 3.05) is 24.2 Å². The van der Waals surface area contributed by atoms with Crippen molar-refractivity contribution in [1.82, 2.24) is 4.98 Å². The quantitative estimate of drug-likeness (QED) is 0.630. The van der Waals surface area contributed by atoms with Gasteiger partial charge in [-0.15, -0.1) is 0 Å². The summed E-state index contributed by atoms with van der Waals surface area (Å²) in [6, 6.07) is 11.2. The predicted molar refractivity (Wildman–Crippen MR) is 83.2 cm³/mol. The second-order valence-electron chi connectivity index (χ2n) is 4.54. The lowest BCUT2D eigenvalue weighted by atomic mass is 10.1. The molecule has 0 amide bonds. The second-order valence-corrected chi connectivity index (χ2v) is 4.54. The van der Waals surface area contributed by atoms with Gasteiger partial charge in [0.2, 0.25) is 0 Å². The van der Waals surface area contributed by atoms with Crippen LogP contribution in [0.1, 0.15) is 22.8 Å². The smallest absolute Gasteiger partial charge is 0.341 e. The van der Waals surface area contributed by atoms with Crippen LogP contribution >= 0.6 is 0 Å². The van der Waals surface area contributed by atoms with E-state index < -0.39 is 0 Å². The molecule has 110 valence electrons. The lowest BCUT2D eigenvalue weighted by molar-refractivity contribution is 0.0527. The van der Waals surface area contributed by atoms with E-state index in [9.17, 15) is 4.79 Å². The first-order chi connectivity index (χ1) is 10.2. The topological polar surface area (TPSA) is 77.2 Å². The van der Waals surface area contributed by atoms with Crippen molar-refractivity contribution >= 4 is 17.5 Å². The van der Waals surface area contributed by atoms with Crippen LogP contribution in [0.25, 0.3) is 0 Å². The summed E-state index contributed by atoms with van der Waals surface area (Å²) in [5.41, 5.74) is 8.03. The summed E-state index contributed by atoms with van der Waals surface area (Å²) in [6.45, 7) is 2.80. The molecule has 21 heavy (non-hydrogen) atoms. The minimum atomic E-state index is -0.361. The van der Waals surface area contributed by atoms with Crippen LogP contribution in [0.15, 0.2) is 42.6 Å². The van der Waals surface area contributed by atoms with Crippen LogP contribution in [-0.2, 0) is 11.2 Å². The highest BCUT2D eigenvalue weighted by Gasteiger charge is 2.12. The van der Waals surface area contributed by atoms with Gasteiger partial charge >= 0.3 is 5.97 Å². The average molecular weight is 285 g/mol. The molecular formula is C16H19N3O2. The van der Waals surface area contributed by atoms with Crippen LogP contribution in [0.4, 0.5) is 11.5 Å². The van der Waals surface area contributed by atoms with Crippen molar-refractivity contribution in [2.24, 2.45) is 0 Å². The Kier molecular flexibility index (Phi) is 5.15. The number of esters is 1. The molecule has 0 aliphatic carbocycles. The molecular weight excluding hydrogens is 266 g/mol. The van der Waals surface area contributed by atoms with Crippen molar-refractivity contribution in [3.8, 4) is 0 Å². The van der Waals surface area contributed by atoms with Gasteiger partial charge in [-0.2, -0.15) is 0 Å². The Hall–Kier alpha value is -2.56. The summed E-state index contributed by atoms with van der Waals surface area (Å²) >= 11 is 0. The molecule has 0 aliphatic rings. The molecule has 5 heteroatoms. The third kappa shape index (κ3) is 4.21. The highest BCUT2D eigenvalue weighted by atomic mass is 16.5. The fourth-order valence-electron chi connectivity index (χ4n) is 1.93. The predicted octanol–water partition coefficient (Wildman–Crippen LogP) is 2.50. The van der Waals surface area contributed by atoms with Crippen LogP contribution in [0.3, 0.4) is 0 Å². The zero-order chi connectivity index (χ0) is 15.1. The van der Waals surface area contributed by atoms with Gasteiger partial charge in [-0.25, -0.2) is 9.78 Å². The standard InChI is InChI=1S/C16H19N3O2/c1-2-21-16(20)14-4-3-10-18-15(14)19-11-9-12-5-7-13(17)8-6-12/h3-8,10H,2,9,11,17H2,1H3,(H,18,19). The van der Waals surface area contributed by atoms with Crippen molar-refractivity contribution in [3.63, 3.8) is 0 Å². The number of ether oxygens (including phenoxy) is 1. The molecule has 1 aromatic heterocycles. The van der Waals surface area contributed by atoms with Gasteiger partial charge in [0.05, 0.1) is 6.61 Å². The minimum absolute atomic E-state index is 0.346. The molecule has 2 rings (SSSR count). The summed E-state index contributed by atoms with van der Waals surface area (Å²) in [7, 11) is 0. The molecule has 0 fully saturated rings. The summed E-state index contributed by atoms with van der Waals surface area (Å²) in [5, 5.41) is 3.17. The first-order valence-electron chi connectivity index (χ1n) is 6.91. The summed E-state index contributed by atoms with van der Waals surface area (Å²) < 4.78 is 5.01.